The third kappa shape index (κ3) is 4.63. The van der Waals surface area contributed by atoms with Crippen molar-refractivity contribution >= 4 is 5.91 Å². The van der Waals surface area contributed by atoms with Crippen LogP contribution in [0, 0.1) is 5.82 Å². The highest BCUT2D eigenvalue weighted by molar-refractivity contribution is 5.94. The van der Waals surface area contributed by atoms with E-state index < -0.39 is 0 Å². The van der Waals surface area contributed by atoms with E-state index in [0.717, 1.165) is 24.2 Å². The van der Waals surface area contributed by atoms with Crippen LogP contribution in [0.1, 0.15) is 17.3 Å². The molecule has 0 radical (unpaired) electrons. The van der Waals surface area contributed by atoms with Crippen LogP contribution < -0.4 is 0 Å². The molecule has 0 bridgehead atoms. The zero-order valence-electron chi connectivity index (χ0n) is 13.9. The molecule has 0 unspecified atom stereocenters. The van der Waals surface area contributed by atoms with Crippen molar-refractivity contribution in [1.29, 1.82) is 0 Å². The highest BCUT2D eigenvalue weighted by Crippen LogP contribution is 2.21. The predicted molar refractivity (Wildman–Crippen MR) is 92.0 cm³/mol. The van der Waals surface area contributed by atoms with Crippen LogP contribution in [-0.2, 0) is 0 Å². The van der Waals surface area contributed by atoms with Gasteiger partial charge in [-0.2, -0.15) is 0 Å². The summed E-state index contributed by atoms with van der Waals surface area (Å²) in [4.78, 5) is 16.3. The van der Waals surface area contributed by atoms with E-state index in [-0.39, 0.29) is 11.7 Å². The van der Waals surface area contributed by atoms with Crippen LogP contribution in [0.25, 0.3) is 11.1 Å². The first-order valence-corrected chi connectivity index (χ1v) is 7.81. The maximum Gasteiger partial charge on any atom is 0.253 e. The number of nitrogens with zero attached hydrogens (tertiary/aromatic N) is 2. The van der Waals surface area contributed by atoms with Gasteiger partial charge in [-0.05, 0) is 49.0 Å². The minimum atomic E-state index is -0.262. The summed E-state index contributed by atoms with van der Waals surface area (Å²) in [5, 5.41) is 0. The van der Waals surface area contributed by atoms with Gasteiger partial charge in [0.2, 0.25) is 0 Å². The molecule has 0 aliphatic carbocycles. The number of hydrogen-bond acceptors (Lipinski definition) is 2. The number of carbonyl (C=O) groups is 1. The van der Waals surface area contributed by atoms with Crippen LogP contribution in [0.3, 0.4) is 0 Å². The minimum Gasteiger partial charge on any atom is -0.340 e. The number of likely N-dealkylation sites (N-methyl/N-ethyl adjacent to an activating group) is 2. The minimum absolute atomic E-state index is 0.000273. The van der Waals surface area contributed by atoms with E-state index >= 15 is 0 Å². The van der Waals surface area contributed by atoms with Crippen molar-refractivity contribution in [2.24, 2.45) is 0 Å². The summed E-state index contributed by atoms with van der Waals surface area (Å²) in [7, 11) is 3.85. The number of hydrogen-bond donors (Lipinski definition) is 0. The molecule has 0 fully saturated rings. The van der Waals surface area contributed by atoms with E-state index in [1.807, 2.05) is 32.3 Å². The molecule has 23 heavy (non-hydrogen) atoms. The van der Waals surface area contributed by atoms with Gasteiger partial charge in [0, 0.05) is 25.7 Å². The van der Waals surface area contributed by atoms with E-state index in [1.54, 1.807) is 23.1 Å². The lowest BCUT2D eigenvalue weighted by Gasteiger charge is -2.21. The summed E-state index contributed by atoms with van der Waals surface area (Å²) in [6, 6.07) is 13.7. The number of halogens is 1. The molecule has 0 aliphatic rings. The fourth-order valence-electron chi connectivity index (χ4n) is 2.27. The fourth-order valence-corrected chi connectivity index (χ4v) is 2.27. The molecule has 2 aromatic rings. The molecule has 0 aromatic heterocycles. The second-order valence-corrected chi connectivity index (χ2v) is 5.71. The molecule has 0 atom stereocenters. The molecule has 0 spiro atoms. The second kappa shape index (κ2) is 7.88. The van der Waals surface area contributed by atoms with Gasteiger partial charge in [-0.1, -0.05) is 31.2 Å². The Morgan fingerprint density at radius 2 is 1.70 bits per heavy atom. The van der Waals surface area contributed by atoms with Gasteiger partial charge in [0.1, 0.15) is 5.82 Å². The number of benzene rings is 2. The Morgan fingerprint density at radius 1 is 1.00 bits per heavy atom. The second-order valence-electron chi connectivity index (χ2n) is 5.71. The van der Waals surface area contributed by atoms with E-state index in [1.165, 1.54) is 12.1 Å². The van der Waals surface area contributed by atoms with Crippen molar-refractivity contribution in [3.63, 3.8) is 0 Å². The Bertz CT molecular complexity index is 655. The number of carbonyl (C=O) groups excluding carboxylic acids is 1. The monoisotopic (exact) mass is 314 g/mol. The van der Waals surface area contributed by atoms with Gasteiger partial charge in [0.05, 0.1) is 0 Å². The average molecular weight is 314 g/mol. The van der Waals surface area contributed by atoms with Crippen LogP contribution in [0.5, 0.6) is 0 Å². The van der Waals surface area contributed by atoms with Crippen molar-refractivity contribution in [1.82, 2.24) is 9.80 Å². The van der Waals surface area contributed by atoms with E-state index in [2.05, 4.69) is 11.8 Å². The topological polar surface area (TPSA) is 23.6 Å². The molecule has 2 rings (SSSR count). The Labute approximate surface area is 137 Å². The number of rotatable bonds is 6. The Balaban J connectivity index is 2.05. The third-order valence-electron chi connectivity index (χ3n) is 3.99. The lowest BCUT2D eigenvalue weighted by atomic mass is 10.0. The molecule has 0 aliphatic heterocycles. The highest BCUT2D eigenvalue weighted by Gasteiger charge is 2.12. The quantitative estimate of drug-likeness (QED) is 0.814. The van der Waals surface area contributed by atoms with Gasteiger partial charge in [-0.15, -0.1) is 0 Å². The molecule has 2 aromatic carbocycles. The van der Waals surface area contributed by atoms with E-state index in [4.69, 9.17) is 0 Å². The number of amides is 1. The van der Waals surface area contributed by atoms with Gasteiger partial charge in [0.25, 0.3) is 5.91 Å². The SMILES string of the molecule is CCN(C)CCN(C)C(=O)c1ccc(-c2cccc(F)c2)cc1. The van der Waals surface area contributed by atoms with Crippen molar-refractivity contribution in [3.05, 3.63) is 59.9 Å². The third-order valence-corrected chi connectivity index (χ3v) is 3.99. The lowest BCUT2D eigenvalue weighted by Crippen LogP contribution is -2.34. The van der Waals surface area contributed by atoms with E-state index in [9.17, 15) is 9.18 Å². The first-order chi connectivity index (χ1) is 11.0. The van der Waals surface area contributed by atoms with Gasteiger partial charge >= 0.3 is 0 Å². The highest BCUT2D eigenvalue weighted by atomic mass is 19.1. The summed E-state index contributed by atoms with van der Waals surface area (Å²) in [6.07, 6.45) is 0. The zero-order valence-corrected chi connectivity index (χ0v) is 13.9. The van der Waals surface area contributed by atoms with Crippen LogP contribution in [-0.4, -0.2) is 49.4 Å². The smallest absolute Gasteiger partial charge is 0.253 e. The molecular weight excluding hydrogens is 291 g/mol. The molecule has 0 saturated heterocycles. The fraction of sp³-hybridized carbons (Fsp3) is 0.316. The zero-order chi connectivity index (χ0) is 16.8. The Kier molecular flexibility index (Phi) is 5.88. The van der Waals surface area contributed by atoms with Gasteiger partial charge in [-0.25, -0.2) is 4.39 Å². The first kappa shape index (κ1) is 17.2. The Hall–Kier alpha value is -2.20. The van der Waals surface area contributed by atoms with Crippen molar-refractivity contribution in [2.75, 3.05) is 33.7 Å². The molecule has 0 heterocycles. The van der Waals surface area contributed by atoms with Crippen molar-refractivity contribution in [2.45, 2.75) is 6.92 Å². The van der Waals surface area contributed by atoms with Crippen molar-refractivity contribution < 1.29 is 9.18 Å². The summed E-state index contributed by atoms with van der Waals surface area (Å²) < 4.78 is 13.3. The molecule has 0 N–H and O–H groups in total. The largest absolute Gasteiger partial charge is 0.340 e. The van der Waals surface area contributed by atoms with Gasteiger partial charge in [0.15, 0.2) is 0 Å². The summed E-state index contributed by atoms with van der Waals surface area (Å²) in [6.45, 7) is 4.59. The molecular formula is C19H23FN2O. The van der Waals surface area contributed by atoms with Crippen LogP contribution in [0.15, 0.2) is 48.5 Å². The summed E-state index contributed by atoms with van der Waals surface area (Å²) in [5.41, 5.74) is 2.35. The molecule has 122 valence electrons. The average Bonchev–Trinajstić information content (AvgIpc) is 2.58. The lowest BCUT2D eigenvalue weighted by molar-refractivity contribution is 0.0783. The van der Waals surface area contributed by atoms with Gasteiger partial charge < -0.3 is 9.80 Å². The van der Waals surface area contributed by atoms with E-state index in [0.29, 0.717) is 12.1 Å². The van der Waals surface area contributed by atoms with Crippen molar-refractivity contribution in [3.8, 4) is 11.1 Å². The molecule has 1 amide bonds. The molecule has 3 nitrogen and oxygen atoms in total. The molecule has 0 saturated carbocycles. The summed E-state index contributed by atoms with van der Waals surface area (Å²) in [5.74, 6) is -0.261. The maximum atomic E-state index is 13.3. The van der Waals surface area contributed by atoms with Crippen LogP contribution in [0.4, 0.5) is 4.39 Å². The first-order valence-electron chi connectivity index (χ1n) is 7.81. The van der Waals surface area contributed by atoms with Gasteiger partial charge in [-0.3, -0.25) is 4.79 Å². The van der Waals surface area contributed by atoms with Crippen LogP contribution in [0.2, 0.25) is 0 Å². The standard InChI is InChI=1S/C19H23FN2O/c1-4-21(2)12-13-22(3)19(23)16-10-8-15(9-11-16)17-6-5-7-18(20)14-17/h5-11,14H,4,12-13H2,1-3H3. The van der Waals surface area contributed by atoms with Crippen LogP contribution >= 0.6 is 0 Å². The predicted octanol–water partition coefficient (Wildman–Crippen LogP) is 3.52. The molecule has 4 heteroatoms. The maximum absolute atomic E-state index is 13.3. The summed E-state index contributed by atoms with van der Waals surface area (Å²) >= 11 is 0. The normalized spacial score (nSPS) is 10.8. The Morgan fingerprint density at radius 3 is 2.30 bits per heavy atom.